The summed E-state index contributed by atoms with van der Waals surface area (Å²) in [6.45, 7) is 0. The van der Waals surface area contributed by atoms with Gasteiger partial charge >= 0.3 is 0 Å². The van der Waals surface area contributed by atoms with Crippen LogP contribution in [0.25, 0.3) is 159 Å². The highest BCUT2D eigenvalue weighted by Gasteiger charge is 2.35. The molecular formula is C114H76N7O3P3. The first kappa shape index (κ1) is 76.4. The average Bonchev–Trinajstić information content (AvgIpc) is 1.64. The zero-order valence-corrected chi connectivity index (χ0v) is 71.3. The fourth-order valence-corrected chi connectivity index (χ4v) is 27.1. The van der Waals surface area contributed by atoms with Crippen molar-refractivity contribution in [3.63, 3.8) is 0 Å². The summed E-state index contributed by atoms with van der Waals surface area (Å²) in [6.07, 6.45) is 1.78. The van der Waals surface area contributed by atoms with Crippen molar-refractivity contribution in [2.45, 2.75) is 0 Å². The van der Waals surface area contributed by atoms with Gasteiger partial charge in [0.25, 0.3) is 0 Å². The van der Waals surface area contributed by atoms with E-state index in [1.54, 1.807) is 6.20 Å². The molecule has 0 bridgehead atoms. The van der Waals surface area contributed by atoms with Crippen molar-refractivity contribution >= 4 is 195 Å². The van der Waals surface area contributed by atoms with Crippen LogP contribution in [0.1, 0.15) is 0 Å². The van der Waals surface area contributed by atoms with Gasteiger partial charge in [-0.15, -0.1) is 0 Å². The fraction of sp³-hybridized carbons (Fsp3) is 0. The van der Waals surface area contributed by atoms with E-state index in [2.05, 4.69) is 238 Å². The molecule has 10 nitrogen and oxygen atoms in total. The summed E-state index contributed by atoms with van der Waals surface area (Å²) in [5, 5.41) is 19.7. The van der Waals surface area contributed by atoms with Crippen LogP contribution in [0.2, 0.25) is 0 Å². The number of hydrogen-bond acceptors (Lipinski definition) is 7. The number of aromatic nitrogens is 7. The molecule has 0 saturated heterocycles. The Kier molecular flexibility index (Phi) is 18.9. The predicted molar refractivity (Wildman–Crippen MR) is 533 cm³/mol. The number of nitrogens with zero attached hydrogens (tertiary/aromatic N) is 7. The quantitative estimate of drug-likeness (QED) is 0.0883. The van der Waals surface area contributed by atoms with Crippen molar-refractivity contribution in [3.05, 3.63) is 461 Å². The number of benzene rings is 18. The first-order chi connectivity index (χ1) is 62.6. The highest BCUT2D eigenvalue weighted by Crippen LogP contribution is 2.49. The summed E-state index contributed by atoms with van der Waals surface area (Å²) >= 11 is 0. The largest absolute Gasteiger partial charge is 0.309 e. The van der Waals surface area contributed by atoms with Crippen molar-refractivity contribution < 1.29 is 13.7 Å². The maximum absolute atomic E-state index is 15.6. The molecule has 7 aromatic heterocycles. The molecule has 0 fully saturated rings. The van der Waals surface area contributed by atoms with Crippen LogP contribution in [0.15, 0.2) is 461 Å². The summed E-state index contributed by atoms with van der Waals surface area (Å²) in [4.78, 5) is 20.0. The van der Waals surface area contributed by atoms with Gasteiger partial charge in [0, 0.05) is 97.2 Å². The zero-order valence-electron chi connectivity index (χ0n) is 68.6. The van der Waals surface area contributed by atoms with Gasteiger partial charge in [-0.3, -0.25) is 18.2 Å². The minimum absolute atomic E-state index is 0.718. The van der Waals surface area contributed by atoms with E-state index >= 15 is 4.57 Å². The van der Waals surface area contributed by atoms with Gasteiger partial charge in [0.15, 0.2) is 21.4 Å². The van der Waals surface area contributed by atoms with Gasteiger partial charge < -0.3 is 13.7 Å². The number of pyridine rings is 4. The second kappa shape index (κ2) is 31.4. The summed E-state index contributed by atoms with van der Waals surface area (Å²) in [5.74, 6) is 0. The van der Waals surface area contributed by atoms with Crippen molar-refractivity contribution in [1.29, 1.82) is 0 Å². The zero-order chi connectivity index (χ0) is 84.7. The standard InChI is InChI=1S/C41H27N2OP.C37H25N2OP.C36H24N3OP/c44-45(30-15-3-1-4-16-30,31-17-5-2-6-18-31)39-24-12-14-28-13-11-20-32(40(28)39)29-25-26-33-34-19-7-9-22-37(34)43-38-23-10-8-21-36(38)42-41(43)35(33)27-29;40-41(28-11-3-1-4-12-28,29-13-5-2-6-14-29)30-22-19-26(20-23-30)27-21-24-35-33(25-27)31-15-7-8-16-32(31)37-38-34-17-9-10-18-36(34)39(35)37;40-41(26-11-3-1-4-12-26,27-13-5-2-6-14-27)28-20-22-32(37-24-28)25-19-21-30-31(23-25)29-15-7-9-17-34(29)39-35-18-10-8-16-33(35)38-36(30)39/h1-27H;1-25H;1-24H. The second-order valence-corrected chi connectivity index (χ2v) is 40.4. The van der Waals surface area contributed by atoms with Gasteiger partial charge in [0.05, 0.1) is 55.3 Å². The minimum Gasteiger partial charge on any atom is -0.309 e. The van der Waals surface area contributed by atoms with E-state index in [1.165, 1.54) is 16.2 Å². The monoisotopic (exact) mass is 1680 g/mol. The Morgan fingerprint density at radius 2 is 0.543 bits per heavy atom. The summed E-state index contributed by atoms with van der Waals surface area (Å²) in [6, 6.07) is 154. The van der Waals surface area contributed by atoms with Gasteiger partial charge in [-0.25, -0.2) is 15.0 Å². The van der Waals surface area contributed by atoms with E-state index < -0.39 is 21.4 Å². The molecule has 0 spiro atoms. The SMILES string of the molecule is O=P(c1ccccc1)(c1ccccc1)c1ccc(-c2ccc3c(c2)c2ccccc2c2nc4ccccc4n32)cc1.O=P(c1ccccc1)(c1ccccc1)c1ccc(-c2ccc3c(c2)c2ccccc2n2c4ccccc4nc32)nc1.O=P(c1ccccc1)(c1ccccc1)c1cccc2cccc(-c3ccc4c5ccccc5n5c6ccccc6nc5c4c3)c12. The fourth-order valence-electron chi connectivity index (χ4n) is 19.0. The lowest BCUT2D eigenvalue weighted by Gasteiger charge is -2.23. The number of fused-ring (bicyclic) bond motifs is 25. The van der Waals surface area contributed by atoms with Crippen LogP contribution in [0.3, 0.4) is 0 Å². The summed E-state index contributed by atoms with van der Waals surface area (Å²) in [5.41, 5.74) is 18.7. The Hall–Kier alpha value is -15.5. The highest BCUT2D eigenvalue weighted by atomic mass is 31.2. The Morgan fingerprint density at radius 1 is 0.205 bits per heavy atom. The molecule has 18 aromatic carbocycles. The number of rotatable bonds is 12. The van der Waals surface area contributed by atoms with Crippen LogP contribution in [0, 0.1) is 0 Å². The first-order valence-corrected chi connectivity index (χ1v) is 47.7. The molecule has 0 aliphatic heterocycles. The lowest BCUT2D eigenvalue weighted by Crippen LogP contribution is -2.25. The molecule has 0 unspecified atom stereocenters. The molecule has 25 rings (SSSR count). The third kappa shape index (κ3) is 12.7. The number of para-hydroxylation sites is 8. The third-order valence-electron chi connectivity index (χ3n) is 25.0. The minimum atomic E-state index is -3.23. The van der Waals surface area contributed by atoms with Crippen molar-refractivity contribution in [2.75, 3.05) is 0 Å². The molecule has 7 heterocycles. The lowest BCUT2D eigenvalue weighted by atomic mass is 9.95. The smallest absolute Gasteiger partial charge is 0.172 e. The third-order valence-corrected chi connectivity index (χ3v) is 34.2. The summed E-state index contributed by atoms with van der Waals surface area (Å²) < 4.78 is 52.0. The topological polar surface area (TPSA) is 116 Å². The molecule has 25 aromatic rings. The summed E-state index contributed by atoms with van der Waals surface area (Å²) in [7, 11) is -9.31. The molecule has 0 amide bonds. The van der Waals surface area contributed by atoms with Crippen molar-refractivity contribution in [2.24, 2.45) is 0 Å². The first-order valence-electron chi connectivity index (χ1n) is 42.5. The molecule has 0 N–H and O–H groups in total. The van der Waals surface area contributed by atoms with Gasteiger partial charge in [-0.05, 0) is 135 Å². The normalized spacial score (nSPS) is 12.0. The lowest BCUT2D eigenvalue weighted by molar-refractivity contribution is 0.591. The number of imidazole rings is 3. The van der Waals surface area contributed by atoms with Crippen LogP contribution in [-0.2, 0) is 13.7 Å². The van der Waals surface area contributed by atoms with E-state index in [0.717, 1.165) is 191 Å². The van der Waals surface area contributed by atoms with Gasteiger partial charge in [0.2, 0.25) is 0 Å². The van der Waals surface area contributed by atoms with E-state index in [1.807, 2.05) is 231 Å². The predicted octanol–water partition coefficient (Wildman–Crippen LogP) is 24.8. The highest BCUT2D eigenvalue weighted by molar-refractivity contribution is 7.86. The number of hydrogen-bond donors (Lipinski definition) is 0. The van der Waals surface area contributed by atoms with Crippen LogP contribution in [0.4, 0.5) is 0 Å². The molecule has 0 atom stereocenters. The molecule has 0 radical (unpaired) electrons. The van der Waals surface area contributed by atoms with Crippen molar-refractivity contribution in [3.8, 4) is 33.5 Å². The molecular weight excluding hydrogens is 1610 g/mol. The molecule has 13 heteroatoms. The van der Waals surface area contributed by atoms with Crippen LogP contribution in [0.5, 0.6) is 0 Å². The molecule has 127 heavy (non-hydrogen) atoms. The Bertz CT molecular complexity index is 8660. The maximum atomic E-state index is 15.6. The van der Waals surface area contributed by atoms with Gasteiger partial charge in [0.1, 0.15) is 16.9 Å². The maximum Gasteiger partial charge on any atom is 0.172 e. The Balaban J connectivity index is 0.000000109. The Labute approximate surface area is 731 Å². The van der Waals surface area contributed by atoms with E-state index in [0.29, 0.717) is 0 Å². The Morgan fingerprint density at radius 3 is 1.04 bits per heavy atom. The van der Waals surface area contributed by atoms with Crippen molar-refractivity contribution in [1.82, 2.24) is 33.1 Å². The van der Waals surface area contributed by atoms with Crippen LogP contribution < -0.4 is 47.7 Å². The molecule has 600 valence electrons. The van der Waals surface area contributed by atoms with Crippen LogP contribution >= 0.6 is 21.4 Å². The van der Waals surface area contributed by atoms with E-state index in [-0.39, 0.29) is 0 Å². The van der Waals surface area contributed by atoms with E-state index in [4.69, 9.17) is 19.9 Å². The second-order valence-electron chi connectivity index (χ2n) is 32.1. The molecule has 0 aliphatic carbocycles. The van der Waals surface area contributed by atoms with Crippen LogP contribution in [-0.4, -0.2) is 33.1 Å². The molecule has 0 saturated carbocycles. The van der Waals surface area contributed by atoms with Gasteiger partial charge in [-0.2, -0.15) is 0 Å². The average molecular weight is 1680 g/mol. The van der Waals surface area contributed by atoms with Gasteiger partial charge in [-0.1, -0.05) is 364 Å². The van der Waals surface area contributed by atoms with E-state index in [9.17, 15) is 9.13 Å². The molecule has 0 aliphatic rings.